The molecule has 0 radical (unpaired) electrons. The van der Waals surface area contributed by atoms with Gasteiger partial charge in [-0.15, -0.1) is 10.2 Å². The SMILES string of the molecule is CNc1nccc(NC(C)c2nncn2C)n1. The van der Waals surface area contributed by atoms with Crippen LogP contribution in [0.4, 0.5) is 11.8 Å². The first-order valence-electron chi connectivity index (χ1n) is 5.32. The van der Waals surface area contributed by atoms with Gasteiger partial charge in [0.05, 0.1) is 6.04 Å². The highest BCUT2D eigenvalue weighted by Crippen LogP contribution is 2.15. The molecule has 1 unspecified atom stereocenters. The van der Waals surface area contributed by atoms with Crippen molar-refractivity contribution in [2.24, 2.45) is 7.05 Å². The first kappa shape index (κ1) is 11.3. The van der Waals surface area contributed by atoms with Crippen molar-refractivity contribution >= 4 is 11.8 Å². The summed E-state index contributed by atoms with van der Waals surface area (Å²) in [5.41, 5.74) is 0. The van der Waals surface area contributed by atoms with Crippen LogP contribution in [0.25, 0.3) is 0 Å². The average molecular weight is 233 g/mol. The third-order valence-electron chi connectivity index (χ3n) is 2.38. The maximum absolute atomic E-state index is 4.28. The van der Waals surface area contributed by atoms with Crippen LogP contribution in [0.3, 0.4) is 0 Å². The van der Waals surface area contributed by atoms with E-state index in [1.807, 2.05) is 24.6 Å². The van der Waals surface area contributed by atoms with E-state index in [2.05, 4.69) is 30.8 Å². The Hall–Kier alpha value is -2.18. The Balaban J connectivity index is 2.13. The quantitative estimate of drug-likeness (QED) is 0.813. The largest absolute Gasteiger partial charge is 0.360 e. The fourth-order valence-electron chi connectivity index (χ4n) is 1.53. The van der Waals surface area contributed by atoms with Crippen LogP contribution < -0.4 is 10.6 Å². The molecule has 0 amide bonds. The molecule has 0 fully saturated rings. The second kappa shape index (κ2) is 4.77. The number of anilines is 2. The van der Waals surface area contributed by atoms with Gasteiger partial charge >= 0.3 is 0 Å². The Kier molecular flexibility index (Phi) is 3.17. The molecule has 2 aromatic heterocycles. The monoisotopic (exact) mass is 233 g/mol. The van der Waals surface area contributed by atoms with Crippen LogP contribution in [-0.4, -0.2) is 31.8 Å². The number of aryl methyl sites for hydroxylation is 1. The van der Waals surface area contributed by atoms with Gasteiger partial charge in [-0.3, -0.25) is 0 Å². The van der Waals surface area contributed by atoms with Crippen LogP contribution in [0.15, 0.2) is 18.6 Å². The van der Waals surface area contributed by atoms with Crippen molar-refractivity contribution in [2.45, 2.75) is 13.0 Å². The Morgan fingerprint density at radius 2 is 2.24 bits per heavy atom. The minimum absolute atomic E-state index is 0.0297. The summed E-state index contributed by atoms with van der Waals surface area (Å²) in [6.45, 7) is 2.01. The highest BCUT2D eigenvalue weighted by atomic mass is 15.3. The third kappa shape index (κ3) is 2.49. The summed E-state index contributed by atoms with van der Waals surface area (Å²) in [6.07, 6.45) is 3.37. The van der Waals surface area contributed by atoms with E-state index < -0.39 is 0 Å². The predicted octanol–water partition coefficient (Wildman–Crippen LogP) is 0.820. The van der Waals surface area contributed by atoms with Gasteiger partial charge < -0.3 is 15.2 Å². The lowest BCUT2D eigenvalue weighted by molar-refractivity contribution is 0.716. The standard InChI is InChI=1S/C10H15N7/c1-7(9-16-13-6-17(9)3)14-8-4-5-12-10(11-2)15-8/h4-7H,1-3H3,(H2,11,12,14,15). The predicted molar refractivity (Wildman–Crippen MR) is 64.6 cm³/mol. The summed E-state index contributed by atoms with van der Waals surface area (Å²) >= 11 is 0. The van der Waals surface area contributed by atoms with Crippen molar-refractivity contribution in [1.82, 2.24) is 24.7 Å². The number of hydrogen-bond acceptors (Lipinski definition) is 6. The van der Waals surface area contributed by atoms with E-state index in [1.54, 1.807) is 19.6 Å². The molecular formula is C10H15N7. The molecule has 1 atom stereocenters. The van der Waals surface area contributed by atoms with Gasteiger partial charge in [0.25, 0.3) is 0 Å². The highest BCUT2D eigenvalue weighted by molar-refractivity contribution is 5.40. The van der Waals surface area contributed by atoms with Crippen molar-refractivity contribution in [1.29, 1.82) is 0 Å². The van der Waals surface area contributed by atoms with Crippen LogP contribution in [-0.2, 0) is 7.05 Å². The molecule has 2 heterocycles. The molecule has 17 heavy (non-hydrogen) atoms. The van der Waals surface area contributed by atoms with Gasteiger partial charge in [0.2, 0.25) is 5.95 Å². The number of nitrogens with zero attached hydrogens (tertiary/aromatic N) is 5. The molecule has 0 aliphatic rings. The Labute approximate surface area is 99.3 Å². The van der Waals surface area contributed by atoms with E-state index in [0.29, 0.717) is 5.95 Å². The molecule has 0 aliphatic heterocycles. The number of nitrogens with one attached hydrogen (secondary N) is 2. The number of aromatic nitrogens is 5. The molecule has 0 saturated heterocycles. The molecule has 2 N–H and O–H groups in total. The van der Waals surface area contributed by atoms with Crippen LogP contribution in [0.2, 0.25) is 0 Å². The lowest BCUT2D eigenvalue weighted by Gasteiger charge is -2.13. The van der Waals surface area contributed by atoms with Crippen molar-refractivity contribution in [3.8, 4) is 0 Å². The van der Waals surface area contributed by atoms with Gasteiger partial charge in [0.15, 0.2) is 5.82 Å². The van der Waals surface area contributed by atoms with Crippen molar-refractivity contribution < 1.29 is 0 Å². The second-order valence-corrected chi connectivity index (χ2v) is 3.68. The summed E-state index contributed by atoms with van der Waals surface area (Å²) in [5.74, 6) is 2.19. The molecule has 0 spiro atoms. The van der Waals surface area contributed by atoms with Gasteiger partial charge in [0, 0.05) is 20.3 Å². The average Bonchev–Trinajstić information content (AvgIpc) is 2.76. The van der Waals surface area contributed by atoms with Crippen LogP contribution >= 0.6 is 0 Å². The van der Waals surface area contributed by atoms with E-state index in [9.17, 15) is 0 Å². The van der Waals surface area contributed by atoms with Crippen molar-refractivity contribution in [2.75, 3.05) is 17.7 Å². The van der Waals surface area contributed by atoms with Gasteiger partial charge in [-0.2, -0.15) is 4.98 Å². The number of rotatable bonds is 4. The maximum Gasteiger partial charge on any atom is 0.224 e. The van der Waals surface area contributed by atoms with Gasteiger partial charge in [-0.1, -0.05) is 0 Å². The zero-order valence-corrected chi connectivity index (χ0v) is 10.0. The summed E-state index contributed by atoms with van der Waals surface area (Å²) in [4.78, 5) is 8.33. The lowest BCUT2D eigenvalue weighted by Crippen LogP contribution is -2.13. The smallest absolute Gasteiger partial charge is 0.224 e. The maximum atomic E-state index is 4.28. The first-order valence-corrected chi connectivity index (χ1v) is 5.32. The number of hydrogen-bond donors (Lipinski definition) is 2. The zero-order valence-electron chi connectivity index (χ0n) is 10.0. The summed E-state index contributed by atoms with van der Waals surface area (Å²) in [6, 6.07) is 1.84. The van der Waals surface area contributed by atoms with E-state index in [4.69, 9.17) is 0 Å². The molecule has 0 saturated carbocycles. The summed E-state index contributed by atoms with van der Waals surface area (Å²) < 4.78 is 1.87. The minimum atomic E-state index is 0.0297. The molecule has 0 aliphatic carbocycles. The fourth-order valence-corrected chi connectivity index (χ4v) is 1.53. The van der Waals surface area contributed by atoms with Gasteiger partial charge in [0.1, 0.15) is 12.1 Å². The third-order valence-corrected chi connectivity index (χ3v) is 2.38. The van der Waals surface area contributed by atoms with E-state index in [0.717, 1.165) is 11.6 Å². The normalized spacial score (nSPS) is 12.2. The van der Waals surface area contributed by atoms with Crippen LogP contribution in [0.5, 0.6) is 0 Å². The molecule has 2 aromatic rings. The van der Waals surface area contributed by atoms with E-state index >= 15 is 0 Å². The van der Waals surface area contributed by atoms with E-state index in [1.165, 1.54) is 0 Å². The molecule has 90 valence electrons. The minimum Gasteiger partial charge on any atom is -0.360 e. The Morgan fingerprint density at radius 1 is 1.41 bits per heavy atom. The lowest BCUT2D eigenvalue weighted by atomic mass is 10.3. The molecule has 0 aromatic carbocycles. The fraction of sp³-hybridized carbons (Fsp3) is 0.400. The van der Waals surface area contributed by atoms with Crippen molar-refractivity contribution in [3.05, 3.63) is 24.4 Å². The first-order chi connectivity index (χ1) is 8.20. The van der Waals surface area contributed by atoms with Gasteiger partial charge in [-0.05, 0) is 13.0 Å². The molecule has 2 rings (SSSR count). The Bertz CT molecular complexity index is 493. The van der Waals surface area contributed by atoms with Crippen molar-refractivity contribution in [3.63, 3.8) is 0 Å². The molecular weight excluding hydrogens is 218 g/mol. The Morgan fingerprint density at radius 3 is 2.88 bits per heavy atom. The molecule has 7 heteroatoms. The molecule has 0 bridgehead atoms. The van der Waals surface area contributed by atoms with Crippen LogP contribution in [0.1, 0.15) is 18.8 Å². The van der Waals surface area contributed by atoms with E-state index in [-0.39, 0.29) is 6.04 Å². The molecule has 7 nitrogen and oxygen atoms in total. The summed E-state index contributed by atoms with van der Waals surface area (Å²) in [5, 5.41) is 14.0. The summed E-state index contributed by atoms with van der Waals surface area (Å²) in [7, 11) is 3.69. The highest BCUT2D eigenvalue weighted by Gasteiger charge is 2.11. The zero-order chi connectivity index (χ0) is 12.3. The van der Waals surface area contributed by atoms with Gasteiger partial charge in [-0.25, -0.2) is 4.98 Å². The van der Waals surface area contributed by atoms with Crippen LogP contribution in [0, 0.1) is 0 Å². The second-order valence-electron chi connectivity index (χ2n) is 3.68. The topological polar surface area (TPSA) is 80.5 Å².